The van der Waals surface area contributed by atoms with Crippen molar-refractivity contribution >= 4 is 11.9 Å². The first kappa shape index (κ1) is 23.3. The standard InChI is InChI=1S/C27H28N2O5/c1-3-10-17(2)28-16-21(22(18-11-6-4-7-12-18)19-13-8-5-9-14-19)29-15-20(27(33)34)24(30)25(31)23(29)26(28)32/h4-9,11-15,17,21-22,31H,3,10,16H2,1-2H3,(H,33,34). The van der Waals surface area contributed by atoms with Crippen molar-refractivity contribution in [2.45, 2.75) is 44.7 Å². The van der Waals surface area contributed by atoms with Crippen LogP contribution in [0.2, 0.25) is 0 Å². The Morgan fingerprint density at radius 1 is 1.03 bits per heavy atom. The van der Waals surface area contributed by atoms with Crippen LogP contribution in [0.5, 0.6) is 5.75 Å². The maximum absolute atomic E-state index is 13.5. The average Bonchev–Trinajstić information content (AvgIpc) is 2.83. The number of aromatic carboxylic acids is 1. The zero-order chi connectivity index (χ0) is 24.4. The molecule has 1 aromatic heterocycles. The largest absolute Gasteiger partial charge is 0.503 e. The van der Waals surface area contributed by atoms with Gasteiger partial charge in [0.05, 0.1) is 6.04 Å². The molecule has 7 heteroatoms. The van der Waals surface area contributed by atoms with Gasteiger partial charge in [0, 0.05) is 24.7 Å². The fraction of sp³-hybridized carbons (Fsp3) is 0.296. The van der Waals surface area contributed by atoms with E-state index in [0.717, 1.165) is 24.0 Å². The van der Waals surface area contributed by atoms with Crippen molar-refractivity contribution < 1.29 is 19.8 Å². The number of hydrogen-bond donors (Lipinski definition) is 2. The number of aromatic hydroxyl groups is 1. The third kappa shape index (κ3) is 4.09. The number of benzene rings is 2. The van der Waals surface area contributed by atoms with E-state index in [9.17, 15) is 24.6 Å². The lowest BCUT2D eigenvalue weighted by molar-refractivity contribution is 0.0554. The van der Waals surface area contributed by atoms with E-state index < -0.39 is 34.7 Å². The van der Waals surface area contributed by atoms with E-state index in [1.54, 1.807) is 4.90 Å². The van der Waals surface area contributed by atoms with Crippen LogP contribution in [0.15, 0.2) is 71.7 Å². The predicted octanol–water partition coefficient (Wildman–Crippen LogP) is 4.27. The molecule has 2 aromatic carbocycles. The highest BCUT2D eigenvalue weighted by atomic mass is 16.4. The van der Waals surface area contributed by atoms with Gasteiger partial charge in [-0.25, -0.2) is 4.79 Å². The van der Waals surface area contributed by atoms with E-state index in [2.05, 4.69) is 0 Å². The minimum Gasteiger partial charge on any atom is -0.503 e. The lowest BCUT2D eigenvalue weighted by atomic mass is 9.83. The summed E-state index contributed by atoms with van der Waals surface area (Å²) in [5, 5.41) is 20.4. The number of carboxylic acid groups (broad SMARTS) is 1. The van der Waals surface area contributed by atoms with Gasteiger partial charge in [-0.3, -0.25) is 9.59 Å². The van der Waals surface area contributed by atoms with E-state index >= 15 is 0 Å². The van der Waals surface area contributed by atoms with Crippen molar-refractivity contribution in [1.29, 1.82) is 0 Å². The lowest BCUT2D eigenvalue weighted by Gasteiger charge is -2.42. The van der Waals surface area contributed by atoms with Crippen molar-refractivity contribution in [1.82, 2.24) is 9.47 Å². The molecule has 0 saturated heterocycles. The molecule has 0 aliphatic carbocycles. The van der Waals surface area contributed by atoms with E-state index in [0.29, 0.717) is 6.54 Å². The quantitative estimate of drug-likeness (QED) is 0.549. The molecule has 2 atom stereocenters. The average molecular weight is 461 g/mol. The van der Waals surface area contributed by atoms with Crippen LogP contribution in [-0.4, -0.2) is 44.1 Å². The molecular weight excluding hydrogens is 432 g/mol. The molecule has 176 valence electrons. The summed E-state index contributed by atoms with van der Waals surface area (Å²) < 4.78 is 1.50. The molecule has 2 unspecified atom stereocenters. The zero-order valence-corrected chi connectivity index (χ0v) is 19.2. The number of fused-ring (bicyclic) bond motifs is 1. The molecule has 1 aliphatic heterocycles. The van der Waals surface area contributed by atoms with Crippen LogP contribution in [0.25, 0.3) is 0 Å². The molecule has 0 saturated carbocycles. The Morgan fingerprint density at radius 2 is 1.59 bits per heavy atom. The maximum Gasteiger partial charge on any atom is 0.341 e. The smallest absolute Gasteiger partial charge is 0.341 e. The van der Waals surface area contributed by atoms with Crippen molar-refractivity contribution in [3.63, 3.8) is 0 Å². The Balaban J connectivity index is 2.00. The van der Waals surface area contributed by atoms with Crippen LogP contribution in [0.4, 0.5) is 0 Å². The molecule has 3 aromatic rings. The van der Waals surface area contributed by atoms with Gasteiger partial charge in [0.2, 0.25) is 5.43 Å². The molecule has 0 fully saturated rings. The van der Waals surface area contributed by atoms with Crippen LogP contribution in [-0.2, 0) is 0 Å². The first-order chi connectivity index (χ1) is 16.3. The summed E-state index contributed by atoms with van der Waals surface area (Å²) in [6.45, 7) is 4.30. The number of carbonyl (C=O) groups excluding carboxylic acids is 1. The Hall–Kier alpha value is -3.87. The van der Waals surface area contributed by atoms with Gasteiger partial charge in [0.15, 0.2) is 11.4 Å². The third-order valence-corrected chi connectivity index (χ3v) is 6.59. The summed E-state index contributed by atoms with van der Waals surface area (Å²) in [7, 11) is 0. The summed E-state index contributed by atoms with van der Waals surface area (Å²) in [6.07, 6.45) is 2.84. The highest BCUT2D eigenvalue weighted by Gasteiger charge is 2.41. The molecule has 34 heavy (non-hydrogen) atoms. The van der Waals surface area contributed by atoms with Crippen LogP contribution >= 0.6 is 0 Å². The molecule has 0 radical (unpaired) electrons. The third-order valence-electron chi connectivity index (χ3n) is 6.59. The number of rotatable bonds is 7. The Bertz CT molecular complexity index is 1210. The molecule has 1 aliphatic rings. The second-order valence-electron chi connectivity index (χ2n) is 8.74. The minimum atomic E-state index is -1.44. The van der Waals surface area contributed by atoms with Gasteiger partial charge in [-0.05, 0) is 24.5 Å². The summed E-state index contributed by atoms with van der Waals surface area (Å²) >= 11 is 0. The molecule has 0 spiro atoms. The van der Waals surface area contributed by atoms with Crippen LogP contribution < -0.4 is 5.43 Å². The van der Waals surface area contributed by atoms with Crippen LogP contribution in [0, 0.1) is 0 Å². The molecule has 2 N–H and O–H groups in total. The molecule has 0 bridgehead atoms. The second kappa shape index (κ2) is 9.55. The lowest BCUT2D eigenvalue weighted by Crippen LogP contribution is -2.50. The Kier molecular flexibility index (Phi) is 6.54. The molecule has 1 amide bonds. The van der Waals surface area contributed by atoms with E-state index in [1.807, 2.05) is 74.5 Å². The van der Waals surface area contributed by atoms with Crippen molar-refractivity contribution in [2.24, 2.45) is 0 Å². The van der Waals surface area contributed by atoms with Crippen molar-refractivity contribution in [2.75, 3.05) is 6.54 Å². The monoisotopic (exact) mass is 460 g/mol. The summed E-state index contributed by atoms with van der Waals surface area (Å²) in [5.74, 6) is -2.99. The molecule has 7 nitrogen and oxygen atoms in total. The fourth-order valence-corrected chi connectivity index (χ4v) is 4.93. The van der Waals surface area contributed by atoms with Crippen LogP contribution in [0.1, 0.15) is 70.6 Å². The zero-order valence-electron chi connectivity index (χ0n) is 19.2. The summed E-state index contributed by atoms with van der Waals surface area (Å²) in [5.41, 5.74) is 0.196. The molecule has 4 rings (SSSR count). The number of hydrogen-bond acceptors (Lipinski definition) is 4. The number of carbonyl (C=O) groups is 2. The highest BCUT2D eigenvalue weighted by molar-refractivity contribution is 5.97. The van der Waals surface area contributed by atoms with Gasteiger partial charge in [-0.15, -0.1) is 0 Å². The number of pyridine rings is 1. The van der Waals surface area contributed by atoms with Crippen LogP contribution in [0.3, 0.4) is 0 Å². The second-order valence-corrected chi connectivity index (χ2v) is 8.74. The van der Waals surface area contributed by atoms with Gasteiger partial charge >= 0.3 is 5.97 Å². The number of nitrogens with zero attached hydrogens (tertiary/aromatic N) is 2. The van der Waals surface area contributed by atoms with E-state index in [1.165, 1.54) is 10.8 Å². The summed E-state index contributed by atoms with van der Waals surface area (Å²) in [6, 6.07) is 19.0. The van der Waals surface area contributed by atoms with Crippen molar-refractivity contribution in [3.05, 3.63) is 99.5 Å². The highest BCUT2D eigenvalue weighted by Crippen LogP contribution is 2.40. The van der Waals surface area contributed by atoms with Gasteiger partial charge in [0.1, 0.15) is 5.56 Å². The number of aromatic nitrogens is 1. The molecular formula is C27H28N2O5. The normalized spacial score (nSPS) is 16.4. The topological polar surface area (TPSA) is 99.8 Å². The predicted molar refractivity (Wildman–Crippen MR) is 128 cm³/mol. The van der Waals surface area contributed by atoms with Crippen molar-refractivity contribution in [3.8, 4) is 5.75 Å². The number of carboxylic acids is 1. The Morgan fingerprint density at radius 3 is 2.09 bits per heavy atom. The Labute approximate surface area is 197 Å². The van der Waals surface area contributed by atoms with E-state index in [-0.39, 0.29) is 17.7 Å². The first-order valence-electron chi connectivity index (χ1n) is 11.5. The first-order valence-corrected chi connectivity index (χ1v) is 11.5. The number of amides is 1. The van der Waals surface area contributed by atoms with Gasteiger partial charge in [0.25, 0.3) is 5.91 Å². The summed E-state index contributed by atoms with van der Waals surface area (Å²) in [4.78, 5) is 39.6. The van der Waals surface area contributed by atoms with Gasteiger partial charge < -0.3 is 19.7 Å². The minimum absolute atomic E-state index is 0.116. The maximum atomic E-state index is 13.5. The van der Waals surface area contributed by atoms with Gasteiger partial charge in [-0.1, -0.05) is 74.0 Å². The molecule has 2 heterocycles. The SMILES string of the molecule is CCCC(C)N1CC(C(c2ccccc2)c2ccccc2)n2cc(C(=O)O)c(=O)c(O)c2C1=O. The fourth-order valence-electron chi connectivity index (χ4n) is 4.93. The van der Waals surface area contributed by atoms with E-state index in [4.69, 9.17) is 0 Å². The van der Waals surface area contributed by atoms with Gasteiger partial charge in [-0.2, -0.15) is 0 Å².